The highest BCUT2D eigenvalue weighted by atomic mass is 16.5. The summed E-state index contributed by atoms with van der Waals surface area (Å²) in [5.41, 5.74) is 2.13. The van der Waals surface area contributed by atoms with Crippen LogP contribution in [0.25, 0.3) is 0 Å². The summed E-state index contributed by atoms with van der Waals surface area (Å²) < 4.78 is 5.45. The van der Waals surface area contributed by atoms with Gasteiger partial charge in [0.2, 0.25) is 5.95 Å². The molecule has 0 aliphatic rings. The Hall–Kier alpha value is -1.16. The Morgan fingerprint density at radius 2 is 2.12 bits per heavy atom. The average molecular weight is 223 g/mol. The lowest BCUT2D eigenvalue weighted by Gasteiger charge is -2.08. The summed E-state index contributed by atoms with van der Waals surface area (Å²) in [6.45, 7) is 10.5. The summed E-state index contributed by atoms with van der Waals surface area (Å²) in [5, 5.41) is 3.14. The lowest BCUT2D eigenvalue weighted by molar-refractivity contribution is 0.118. The number of rotatable bonds is 6. The van der Waals surface area contributed by atoms with Gasteiger partial charge in [-0.1, -0.05) is 13.8 Å². The second-order valence-corrected chi connectivity index (χ2v) is 4.36. The second-order valence-electron chi connectivity index (χ2n) is 4.36. The predicted molar refractivity (Wildman–Crippen MR) is 65.7 cm³/mol. The Labute approximate surface area is 97.5 Å². The second kappa shape index (κ2) is 6.43. The van der Waals surface area contributed by atoms with Gasteiger partial charge < -0.3 is 10.1 Å². The predicted octanol–water partition coefficient (Wildman–Crippen LogP) is 2.18. The highest BCUT2D eigenvalue weighted by molar-refractivity contribution is 5.28. The smallest absolute Gasteiger partial charge is 0.222 e. The maximum absolute atomic E-state index is 5.45. The first-order valence-corrected chi connectivity index (χ1v) is 5.71. The van der Waals surface area contributed by atoms with Crippen LogP contribution in [0.1, 0.15) is 25.1 Å². The number of nitrogens with zero attached hydrogens (tertiary/aromatic N) is 2. The summed E-state index contributed by atoms with van der Waals surface area (Å²) in [4.78, 5) is 8.52. The fourth-order valence-corrected chi connectivity index (χ4v) is 1.17. The molecule has 0 radical (unpaired) electrons. The van der Waals surface area contributed by atoms with Gasteiger partial charge in [-0.3, -0.25) is 0 Å². The van der Waals surface area contributed by atoms with E-state index in [1.165, 1.54) is 0 Å². The minimum atomic E-state index is 0.581. The van der Waals surface area contributed by atoms with Crippen LogP contribution >= 0.6 is 0 Å². The Kier molecular flexibility index (Phi) is 5.19. The third-order valence-corrected chi connectivity index (χ3v) is 2.21. The van der Waals surface area contributed by atoms with Crippen molar-refractivity contribution in [2.24, 2.45) is 5.92 Å². The molecule has 16 heavy (non-hydrogen) atoms. The van der Waals surface area contributed by atoms with Crippen LogP contribution < -0.4 is 5.32 Å². The van der Waals surface area contributed by atoms with E-state index in [9.17, 15) is 0 Å². The topological polar surface area (TPSA) is 47.0 Å². The van der Waals surface area contributed by atoms with Crippen molar-refractivity contribution >= 4 is 5.95 Å². The minimum absolute atomic E-state index is 0.581. The molecule has 0 saturated heterocycles. The zero-order valence-corrected chi connectivity index (χ0v) is 10.6. The van der Waals surface area contributed by atoms with E-state index in [1.807, 2.05) is 20.0 Å². The molecule has 0 unspecified atom stereocenters. The molecule has 1 rings (SSSR count). The van der Waals surface area contributed by atoms with E-state index < -0.39 is 0 Å². The first-order valence-electron chi connectivity index (χ1n) is 5.71. The molecule has 1 aromatic heterocycles. The van der Waals surface area contributed by atoms with Crippen molar-refractivity contribution in [2.75, 3.05) is 25.1 Å². The van der Waals surface area contributed by atoms with Gasteiger partial charge >= 0.3 is 0 Å². The van der Waals surface area contributed by atoms with Crippen LogP contribution in [-0.2, 0) is 4.74 Å². The van der Waals surface area contributed by atoms with Crippen molar-refractivity contribution in [3.8, 4) is 0 Å². The maximum atomic E-state index is 5.45. The van der Waals surface area contributed by atoms with Gasteiger partial charge in [-0.15, -0.1) is 0 Å². The van der Waals surface area contributed by atoms with Gasteiger partial charge in [0.15, 0.2) is 0 Å². The van der Waals surface area contributed by atoms with Gasteiger partial charge in [0.1, 0.15) is 0 Å². The van der Waals surface area contributed by atoms with Crippen LogP contribution in [0, 0.1) is 19.8 Å². The van der Waals surface area contributed by atoms with Crippen LogP contribution in [0.2, 0.25) is 0 Å². The number of aromatic nitrogens is 2. The van der Waals surface area contributed by atoms with Crippen LogP contribution in [0.15, 0.2) is 6.20 Å². The zero-order chi connectivity index (χ0) is 12.0. The van der Waals surface area contributed by atoms with Crippen LogP contribution in [0.4, 0.5) is 5.95 Å². The van der Waals surface area contributed by atoms with Crippen LogP contribution in [-0.4, -0.2) is 29.7 Å². The fraction of sp³-hybridized carbons (Fsp3) is 0.667. The Bertz CT molecular complexity index is 326. The normalized spacial score (nSPS) is 10.8. The summed E-state index contributed by atoms with van der Waals surface area (Å²) in [6.07, 6.45) is 1.83. The number of hydrogen-bond acceptors (Lipinski definition) is 4. The lowest BCUT2D eigenvalue weighted by atomic mass is 10.2. The van der Waals surface area contributed by atoms with Gasteiger partial charge in [0, 0.05) is 25.0 Å². The molecule has 90 valence electrons. The van der Waals surface area contributed by atoms with Crippen molar-refractivity contribution in [3.05, 3.63) is 17.5 Å². The van der Waals surface area contributed by atoms with Gasteiger partial charge in [-0.05, 0) is 25.3 Å². The molecular weight excluding hydrogens is 202 g/mol. The fourth-order valence-electron chi connectivity index (χ4n) is 1.17. The van der Waals surface area contributed by atoms with Crippen molar-refractivity contribution in [2.45, 2.75) is 27.7 Å². The van der Waals surface area contributed by atoms with Gasteiger partial charge in [0.25, 0.3) is 0 Å². The van der Waals surface area contributed by atoms with Crippen LogP contribution in [0.3, 0.4) is 0 Å². The van der Waals surface area contributed by atoms with E-state index >= 15 is 0 Å². The molecular formula is C12H21N3O. The maximum Gasteiger partial charge on any atom is 0.222 e. The molecule has 0 atom stereocenters. The first kappa shape index (κ1) is 12.9. The molecule has 4 nitrogen and oxygen atoms in total. The van der Waals surface area contributed by atoms with E-state index in [2.05, 4.69) is 29.1 Å². The third kappa shape index (κ3) is 4.57. The molecule has 0 spiro atoms. The summed E-state index contributed by atoms with van der Waals surface area (Å²) in [6, 6.07) is 0. The van der Waals surface area contributed by atoms with E-state index in [-0.39, 0.29) is 0 Å². The molecule has 0 aliphatic heterocycles. The van der Waals surface area contributed by atoms with Crippen molar-refractivity contribution in [1.29, 1.82) is 0 Å². The van der Waals surface area contributed by atoms with Crippen molar-refractivity contribution in [3.63, 3.8) is 0 Å². The summed E-state index contributed by atoms with van der Waals surface area (Å²) >= 11 is 0. The third-order valence-electron chi connectivity index (χ3n) is 2.21. The lowest BCUT2D eigenvalue weighted by Crippen LogP contribution is -2.14. The highest BCUT2D eigenvalue weighted by Crippen LogP contribution is 2.04. The standard InChI is InChI=1S/C12H21N3O/c1-9(2)8-16-6-5-13-12-14-7-10(3)11(4)15-12/h7,9H,5-6,8H2,1-4H3,(H,13,14,15). The van der Waals surface area contributed by atoms with Crippen molar-refractivity contribution in [1.82, 2.24) is 9.97 Å². The monoisotopic (exact) mass is 223 g/mol. The Morgan fingerprint density at radius 1 is 1.38 bits per heavy atom. The van der Waals surface area contributed by atoms with E-state index in [1.54, 1.807) is 0 Å². The minimum Gasteiger partial charge on any atom is -0.379 e. The van der Waals surface area contributed by atoms with Gasteiger partial charge in [0.05, 0.1) is 6.61 Å². The molecule has 0 saturated carbocycles. The number of aryl methyl sites for hydroxylation is 2. The average Bonchev–Trinajstić information content (AvgIpc) is 2.22. The van der Waals surface area contributed by atoms with Gasteiger partial charge in [-0.25, -0.2) is 9.97 Å². The number of anilines is 1. The summed E-state index contributed by atoms with van der Waals surface area (Å²) in [7, 11) is 0. The molecule has 0 aromatic carbocycles. The van der Waals surface area contributed by atoms with E-state index in [0.29, 0.717) is 18.5 Å². The molecule has 0 amide bonds. The Balaban J connectivity index is 2.24. The quantitative estimate of drug-likeness (QED) is 0.751. The number of hydrogen-bond donors (Lipinski definition) is 1. The molecule has 1 heterocycles. The molecule has 0 bridgehead atoms. The van der Waals surface area contributed by atoms with Crippen molar-refractivity contribution < 1.29 is 4.74 Å². The molecule has 1 N–H and O–H groups in total. The number of ether oxygens (including phenoxy) is 1. The van der Waals surface area contributed by atoms with Crippen LogP contribution in [0.5, 0.6) is 0 Å². The number of nitrogens with one attached hydrogen (secondary N) is 1. The SMILES string of the molecule is Cc1cnc(NCCOCC(C)C)nc1C. The molecule has 1 aromatic rings. The van der Waals surface area contributed by atoms with E-state index in [4.69, 9.17) is 4.74 Å². The molecule has 4 heteroatoms. The molecule has 0 fully saturated rings. The Morgan fingerprint density at radius 3 is 2.75 bits per heavy atom. The molecule has 0 aliphatic carbocycles. The highest BCUT2D eigenvalue weighted by Gasteiger charge is 1.99. The van der Waals surface area contributed by atoms with E-state index in [0.717, 1.165) is 24.4 Å². The zero-order valence-electron chi connectivity index (χ0n) is 10.6. The largest absolute Gasteiger partial charge is 0.379 e. The summed E-state index contributed by atoms with van der Waals surface area (Å²) in [5.74, 6) is 1.26. The first-order chi connectivity index (χ1) is 7.59. The van der Waals surface area contributed by atoms with Gasteiger partial charge in [-0.2, -0.15) is 0 Å².